The molecule has 1 aromatic rings. The number of carbonyl (C=O) groups excluding carboxylic acids is 2. The van der Waals surface area contributed by atoms with E-state index < -0.39 is 6.04 Å². The van der Waals surface area contributed by atoms with Gasteiger partial charge < -0.3 is 10.2 Å². The van der Waals surface area contributed by atoms with E-state index in [0.29, 0.717) is 19.5 Å². The Morgan fingerprint density at radius 3 is 2.67 bits per heavy atom. The summed E-state index contributed by atoms with van der Waals surface area (Å²) in [6, 6.07) is 11.3. The lowest BCUT2D eigenvalue weighted by Crippen LogP contribution is -2.48. The van der Waals surface area contributed by atoms with Gasteiger partial charge in [0.2, 0.25) is 11.8 Å². The summed E-state index contributed by atoms with van der Waals surface area (Å²) in [7, 11) is 0. The standard InChI is InChI=1S/C19H25N3O2/c1-14(2)17(12-20)21-19(24)16-9-6-10-22(13-16)18(23)11-15-7-4-3-5-8-15/h3-5,7-8,14,16-17H,6,9-11,13H2,1-2H3,(H,21,24)/t16-,17+/m0/s1. The molecule has 0 radical (unpaired) electrons. The van der Waals surface area contributed by atoms with E-state index in [4.69, 9.17) is 5.26 Å². The van der Waals surface area contributed by atoms with Crippen molar-refractivity contribution in [2.75, 3.05) is 13.1 Å². The molecule has 2 atom stereocenters. The van der Waals surface area contributed by atoms with Gasteiger partial charge in [0.25, 0.3) is 0 Å². The number of likely N-dealkylation sites (tertiary alicyclic amines) is 1. The Balaban J connectivity index is 1.92. The van der Waals surface area contributed by atoms with Gasteiger partial charge in [0.05, 0.1) is 18.4 Å². The van der Waals surface area contributed by atoms with E-state index >= 15 is 0 Å². The summed E-state index contributed by atoms with van der Waals surface area (Å²) < 4.78 is 0. The number of hydrogen-bond donors (Lipinski definition) is 1. The Morgan fingerprint density at radius 2 is 2.04 bits per heavy atom. The SMILES string of the molecule is CC(C)[C@@H](C#N)NC(=O)[C@H]1CCCN(C(=O)Cc2ccccc2)C1. The molecule has 0 unspecified atom stereocenters. The van der Waals surface area contributed by atoms with E-state index in [9.17, 15) is 9.59 Å². The molecule has 2 amide bonds. The fraction of sp³-hybridized carbons (Fsp3) is 0.526. The number of amides is 2. The summed E-state index contributed by atoms with van der Waals surface area (Å²) in [5.74, 6) is -0.224. The molecular weight excluding hydrogens is 302 g/mol. The molecule has 0 bridgehead atoms. The summed E-state index contributed by atoms with van der Waals surface area (Å²) in [5, 5.41) is 11.9. The van der Waals surface area contributed by atoms with Gasteiger partial charge in [-0.3, -0.25) is 9.59 Å². The van der Waals surface area contributed by atoms with E-state index in [1.165, 1.54) is 0 Å². The number of carbonyl (C=O) groups is 2. The van der Waals surface area contributed by atoms with Crippen LogP contribution in [0.4, 0.5) is 0 Å². The van der Waals surface area contributed by atoms with Gasteiger partial charge in [0.15, 0.2) is 0 Å². The highest BCUT2D eigenvalue weighted by molar-refractivity contribution is 5.82. The first-order chi connectivity index (χ1) is 11.5. The predicted octanol–water partition coefficient (Wildman–Crippen LogP) is 2.13. The van der Waals surface area contributed by atoms with Crippen molar-refractivity contribution in [1.29, 1.82) is 5.26 Å². The largest absolute Gasteiger partial charge is 0.342 e. The minimum Gasteiger partial charge on any atom is -0.342 e. The second kappa shape index (κ2) is 8.49. The fourth-order valence-corrected chi connectivity index (χ4v) is 2.92. The first kappa shape index (κ1) is 18.0. The highest BCUT2D eigenvalue weighted by Crippen LogP contribution is 2.18. The van der Waals surface area contributed by atoms with E-state index in [-0.39, 0.29) is 23.7 Å². The fourth-order valence-electron chi connectivity index (χ4n) is 2.92. The minimum atomic E-state index is -0.479. The second-order valence-electron chi connectivity index (χ2n) is 6.70. The van der Waals surface area contributed by atoms with Gasteiger partial charge in [0, 0.05) is 13.1 Å². The van der Waals surface area contributed by atoms with Crippen LogP contribution < -0.4 is 5.32 Å². The molecule has 0 saturated carbocycles. The van der Waals surface area contributed by atoms with Crippen molar-refractivity contribution in [3.8, 4) is 6.07 Å². The average molecular weight is 327 g/mol. The van der Waals surface area contributed by atoms with E-state index in [1.807, 2.05) is 44.2 Å². The number of nitriles is 1. The summed E-state index contributed by atoms with van der Waals surface area (Å²) in [4.78, 5) is 26.6. The van der Waals surface area contributed by atoms with Crippen LogP contribution in [-0.4, -0.2) is 35.8 Å². The second-order valence-corrected chi connectivity index (χ2v) is 6.70. The smallest absolute Gasteiger partial charge is 0.227 e. The lowest BCUT2D eigenvalue weighted by Gasteiger charge is -2.32. The molecule has 0 aromatic heterocycles. The molecule has 1 heterocycles. The molecule has 0 spiro atoms. The molecule has 1 aliphatic heterocycles. The number of nitrogens with zero attached hydrogens (tertiary/aromatic N) is 2. The summed E-state index contributed by atoms with van der Waals surface area (Å²) >= 11 is 0. The predicted molar refractivity (Wildman–Crippen MR) is 91.8 cm³/mol. The van der Waals surface area contributed by atoms with Gasteiger partial charge >= 0.3 is 0 Å². The van der Waals surface area contributed by atoms with Gasteiger partial charge in [-0.05, 0) is 24.3 Å². The third kappa shape index (κ3) is 4.82. The van der Waals surface area contributed by atoms with Crippen LogP contribution in [0.3, 0.4) is 0 Å². The molecule has 128 valence electrons. The highest BCUT2D eigenvalue weighted by Gasteiger charge is 2.29. The molecule has 5 nitrogen and oxygen atoms in total. The maximum absolute atomic E-state index is 12.5. The number of rotatable bonds is 5. The summed E-state index contributed by atoms with van der Waals surface area (Å²) in [6.45, 7) is 4.95. The highest BCUT2D eigenvalue weighted by atomic mass is 16.2. The van der Waals surface area contributed by atoms with Crippen molar-refractivity contribution < 1.29 is 9.59 Å². The Kier molecular flexibility index (Phi) is 6.36. The average Bonchev–Trinajstić information content (AvgIpc) is 2.60. The first-order valence-electron chi connectivity index (χ1n) is 8.53. The Bertz CT molecular complexity index is 607. The van der Waals surface area contributed by atoms with Crippen molar-refractivity contribution in [3.05, 3.63) is 35.9 Å². The van der Waals surface area contributed by atoms with Gasteiger partial charge in [-0.1, -0.05) is 44.2 Å². The number of benzene rings is 1. The van der Waals surface area contributed by atoms with Crippen molar-refractivity contribution in [2.45, 2.75) is 39.2 Å². The zero-order valence-corrected chi connectivity index (χ0v) is 14.4. The Hall–Kier alpha value is -2.35. The van der Waals surface area contributed by atoms with E-state index in [0.717, 1.165) is 18.4 Å². The molecule has 5 heteroatoms. The molecule has 1 aromatic carbocycles. The van der Waals surface area contributed by atoms with Crippen LogP contribution >= 0.6 is 0 Å². The van der Waals surface area contributed by atoms with Crippen LogP contribution in [0.5, 0.6) is 0 Å². The molecule has 1 aliphatic rings. The van der Waals surface area contributed by atoms with Crippen molar-refractivity contribution in [1.82, 2.24) is 10.2 Å². The van der Waals surface area contributed by atoms with Crippen molar-refractivity contribution in [3.63, 3.8) is 0 Å². The number of nitrogens with one attached hydrogen (secondary N) is 1. The monoisotopic (exact) mass is 327 g/mol. The van der Waals surface area contributed by atoms with Gasteiger partial charge in [-0.2, -0.15) is 5.26 Å². The third-order valence-electron chi connectivity index (χ3n) is 4.45. The first-order valence-corrected chi connectivity index (χ1v) is 8.53. The zero-order valence-electron chi connectivity index (χ0n) is 14.4. The quantitative estimate of drug-likeness (QED) is 0.900. The number of piperidine rings is 1. The maximum Gasteiger partial charge on any atom is 0.227 e. The van der Waals surface area contributed by atoms with Gasteiger partial charge in [0.1, 0.15) is 6.04 Å². The van der Waals surface area contributed by atoms with Gasteiger partial charge in [-0.15, -0.1) is 0 Å². The molecule has 1 fully saturated rings. The zero-order chi connectivity index (χ0) is 17.5. The van der Waals surface area contributed by atoms with Crippen LogP contribution in [-0.2, 0) is 16.0 Å². The van der Waals surface area contributed by atoms with Crippen LogP contribution in [0.2, 0.25) is 0 Å². The minimum absolute atomic E-state index is 0.0550. The Labute approximate surface area is 143 Å². The molecular formula is C19H25N3O2. The lowest BCUT2D eigenvalue weighted by atomic mass is 9.95. The van der Waals surface area contributed by atoms with Crippen LogP contribution in [0.1, 0.15) is 32.3 Å². The van der Waals surface area contributed by atoms with Crippen LogP contribution in [0.15, 0.2) is 30.3 Å². The molecule has 2 rings (SSSR count). The maximum atomic E-state index is 12.5. The number of hydrogen-bond acceptors (Lipinski definition) is 3. The van der Waals surface area contributed by atoms with Crippen LogP contribution in [0.25, 0.3) is 0 Å². The summed E-state index contributed by atoms with van der Waals surface area (Å²) in [6.07, 6.45) is 1.94. The molecule has 0 aliphatic carbocycles. The van der Waals surface area contributed by atoms with Crippen molar-refractivity contribution in [2.24, 2.45) is 11.8 Å². The van der Waals surface area contributed by atoms with Gasteiger partial charge in [-0.25, -0.2) is 0 Å². The Morgan fingerprint density at radius 1 is 1.33 bits per heavy atom. The van der Waals surface area contributed by atoms with Crippen molar-refractivity contribution >= 4 is 11.8 Å². The van der Waals surface area contributed by atoms with Crippen LogP contribution in [0, 0.1) is 23.2 Å². The summed E-state index contributed by atoms with van der Waals surface area (Å²) in [5.41, 5.74) is 0.985. The normalized spacial score (nSPS) is 18.8. The van der Waals surface area contributed by atoms with E-state index in [2.05, 4.69) is 11.4 Å². The topological polar surface area (TPSA) is 73.2 Å². The molecule has 24 heavy (non-hydrogen) atoms. The van der Waals surface area contributed by atoms with E-state index in [1.54, 1.807) is 4.90 Å². The molecule has 1 saturated heterocycles. The molecule has 1 N–H and O–H groups in total. The lowest BCUT2D eigenvalue weighted by molar-refractivity contribution is -0.135. The third-order valence-corrected chi connectivity index (χ3v) is 4.45.